The van der Waals surface area contributed by atoms with Gasteiger partial charge in [-0.05, 0) is 24.0 Å². The molecule has 1 N–H and O–H groups in total. The van der Waals surface area contributed by atoms with Crippen LogP contribution in [0.1, 0.15) is 31.7 Å². The van der Waals surface area contributed by atoms with Crippen LogP contribution in [0.25, 0.3) is 0 Å². The Morgan fingerprint density at radius 1 is 1.55 bits per heavy atom. The highest BCUT2D eigenvalue weighted by molar-refractivity contribution is 5.24. The van der Waals surface area contributed by atoms with Gasteiger partial charge in [0.1, 0.15) is 5.75 Å². The Balaban J connectivity index is 2.86. The minimum absolute atomic E-state index is 0.253. The topological polar surface area (TPSA) is 33.1 Å². The summed E-state index contributed by atoms with van der Waals surface area (Å²) in [4.78, 5) is 3.90. The summed E-state index contributed by atoms with van der Waals surface area (Å²) in [6, 6.07) is 1.77. The fourth-order valence-corrected chi connectivity index (χ4v) is 0.950. The zero-order valence-corrected chi connectivity index (χ0v) is 6.91. The third-order valence-electron chi connectivity index (χ3n) is 1.93. The molecule has 1 aromatic rings. The van der Waals surface area contributed by atoms with Gasteiger partial charge in [0.2, 0.25) is 0 Å². The van der Waals surface area contributed by atoms with Gasteiger partial charge in [-0.15, -0.1) is 0 Å². The molecular formula is C9H13NO. The van der Waals surface area contributed by atoms with Gasteiger partial charge in [-0.2, -0.15) is 0 Å². The van der Waals surface area contributed by atoms with Gasteiger partial charge in [0, 0.05) is 6.20 Å². The molecule has 0 bridgehead atoms. The maximum absolute atomic E-state index is 9.09. The van der Waals surface area contributed by atoms with E-state index in [1.807, 2.05) is 0 Å². The van der Waals surface area contributed by atoms with E-state index in [1.54, 1.807) is 12.3 Å². The highest BCUT2D eigenvalue weighted by Crippen LogP contribution is 2.20. The lowest BCUT2D eigenvalue weighted by Gasteiger charge is -2.07. The van der Waals surface area contributed by atoms with Crippen LogP contribution in [-0.2, 0) is 0 Å². The van der Waals surface area contributed by atoms with Crippen molar-refractivity contribution in [2.75, 3.05) is 0 Å². The fourth-order valence-electron chi connectivity index (χ4n) is 0.950. The SMILES string of the molecule is CC[C@@H](C)c1cncc(O)c1. The molecule has 1 heterocycles. The van der Waals surface area contributed by atoms with Crippen molar-refractivity contribution in [3.05, 3.63) is 24.0 Å². The standard InChI is InChI=1S/C9H13NO/c1-3-7(2)8-4-9(11)6-10-5-8/h4-7,11H,3H2,1-2H3/t7-/m1/s1. The van der Waals surface area contributed by atoms with Crippen molar-refractivity contribution in [2.24, 2.45) is 0 Å². The van der Waals surface area contributed by atoms with Crippen LogP contribution < -0.4 is 0 Å². The second-order valence-corrected chi connectivity index (χ2v) is 2.79. The molecule has 11 heavy (non-hydrogen) atoms. The van der Waals surface area contributed by atoms with Crippen LogP contribution in [0.15, 0.2) is 18.5 Å². The highest BCUT2D eigenvalue weighted by atomic mass is 16.3. The highest BCUT2D eigenvalue weighted by Gasteiger charge is 2.02. The first-order valence-electron chi connectivity index (χ1n) is 3.88. The van der Waals surface area contributed by atoms with Gasteiger partial charge in [0.05, 0.1) is 6.20 Å². The van der Waals surface area contributed by atoms with Crippen LogP contribution in [-0.4, -0.2) is 10.1 Å². The van der Waals surface area contributed by atoms with Crippen LogP contribution in [0.4, 0.5) is 0 Å². The van der Waals surface area contributed by atoms with Crippen LogP contribution >= 0.6 is 0 Å². The Kier molecular flexibility index (Phi) is 2.47. The van der Waals surface area contributed by atoms with Gasteiger partial charge < -0.3 is 5.11 Å². The Hall–Kier alpha value is -1.05. The lowest BCUT2D eigenvalue weighted by molar-refractivity contribution is 0.471. The van der Waals surface area contributed by atoms with E-state index in [4.69, 9.17) is 5.11 Å². The van der Waals surface area contributed by atoms with Crippen molar-refractivity contribution in [2.45, 2.75) is 26.2 Å². The lowest BCUT2D eigenvalue weighted by atomic mass is 10.0. The van der Waals surface area contributed by atoms with E-state index < -0.39 is 0 Å². The van der Waals surface area contributed by atoms with Crippen molar-refractivity contribution in [1.82, 2.24) is 4.98 Å². The van der Waals surface area contributed by atoms with Crippen molar-refractivity contribution in [3.8, 4) is 5.75 Å². The molecule has 0 fully saturated rings. The molecule has 0 aliphatic rings. The predicted molar refractivity (Wildman–Crippen MR) is 44.6 cm³/mol. The summed E-state index contributed by atoms with van der Waals surface area (Å²) in [6.07, 6.45) is 4.32. The lowest BCUT2D eigenvalue weighted by Crippen LogP contribution is -1.91. The fraction of sp³-hybridized carbons (Fsp3) is 0.444. The number of aromatic nitrogens is 1. The van der Waals surface area contributed by atoms with E-state index in [-0.39, 0.29) is 5.75 Å². The molecule has 1 rings (SSSR count). The molecule has 0 saturated carbocycles. The van der Waals surface area contributed by atoms with Crippen LogP contribution in [0.5, 0.6) is 5.75 Å². The quantitative estimate of drug-likeness (QED) is 0.703. The molecule has 0 amide bonds. The van der Waals surface area contributed by atoms with Gasteiger partial charge in [-0.1, -0.05) is 13.8 Å². The van der Waals surface area contributed by atoms with E-state index in [0.29, 0.717) is 5.92 Å². The third kappa shape index (κ3) is 1.93. The Morgan fingerprint density at radius 3 is 2.82 bits per heavy atom. The zero-order valence-electron chi connectivity index (χ0n) is 6.91. The van der Waals surface area contributed by atoms with E-state index in [2.05, 4.69) is 18.8 Å². The first-order valence-corrected chi connectivity index (χ1v) is 3.88. The van der Waals surface area contributed by atoms with E-state index in [0.717, 1.165) is 12.0 Å². The number of pyridine rings is 1. The van der Waals surface area contributed by atoms with Gasteiger partial charge in [0.25, 0.3) is 0 Å². The van der Waals surface area contributed by atoms with Crippen molar-refractivity contribution >= 4 is 0 Å². The monoisotopic (exact) mass is 151 g/mol. The molecular weight excluding hydrogens is 138 g/mol. The first-order chi connectivity index (χ1) is 5.24. The van der Waals surface area contributed by atoms with Crippen molar-refractivity contribution < 1.29 is 5.11 Å². The number of rotatable bonds is 2. The zero-order chi connectivity index (χ0) is 8.27. The Bertz CT molecular complexity index is 235. The number of nitrogens with zero attached hydrogens (tertiary/aromatic N) is 1. The van der Waals surface area contributed by atoms with Gasteiger partial charge in [-0.3, -0.25) is 4.98 Å². The number of hydrogen-bond donors (Lipinski definition) is 1. The van der Waals surface area contributed by atoms with Gasteiger partial charge in [-0.25, -0.2) is 0 Å². The predicted octanol–water partition coefficient (Wildman–Crippen LogP) is 2.30. The van der Waals surface area contributed by atoms with Crippen LogP contribution in [0.3, 0.4) is 0 Å². The molecule has 0 spiro atoms. The average Bonchev–Trinajstić information content (AvgIpc) is 2.03. The minimum Gasteiger partial charge on any atom is -0.506 e. The van der Waals surface area contributed by atoms with Crippen LogP contribution in [0.2, 0.25) is 0 Å². The summed E-state index contributed by atoms with van der Waals surface area (Å²) in [7, 11) is 0. The molecule has 0 saturated heterocycles. The van der Waals surface area contributed by atoms with E-state index in [1.165, 1.54) is 6.20 Å². The molecule has 0 radical (unpaired) electrons. The summed E-state index contributed by atoms with van der Waals surface area (Å²) < 4.78 is 0. The Morgan fingerprint density at radius 2 is 2.27 bits per heavy atom. The largest absolute Gasteiger partial charge is 0.506 e. The summed E-state index contributed by atoms with van der Waals surface area (Å²) in [6.45, 7) is 4.24. The summed E-state index contributed by atoms with van der Waals surface area (Å²) >= 11 is 0. The molecule has 60 valence electrons. The van der Waals surface area contributed by atoms with Crippen molar-refractivity contribution in [1.29, 1.82) is 0 Å². The van der Waals surface area contributed by atoms with Crippen LogP contribution in [0, 0.1) is 0 Å². The Labute approximate surface area is 66.9 Å². The molecule has 0 aromatic carbocycles. The van der Waals surface area contributed by atoms with Crippen molar-refractivity contribution in [3.63, 3.8) is 0 Å². The second-order valence-electron chi connectivity index (χ2n) is 2.79. The van der Waals surface area contributed by atoms with Gasteiger partial charge >= 0.3 is 0 Å². The molecule has 2 heteroatoms. The number of hydrogen-bond acceptors (Lipinski definition) is 2. The molecule has 2 nitrogen and oxygen atoms in total. The van der Waals surface area contributed by atoms with Gasteiger partial charge in [0.15, 0.2) is 0 Å². The molecule has 0 unspecified atom stereocenters. The van der Waals surface area contributed by atoms with E-state index >= 15 is 0 Å². The summed E-state index contributed by atoms with van der Waals surface area (Å²) in [5, 5.41) is 9.09. The molecule has 1 atom stereocenters. The average molecular weight is 151 g/mol. The number of aromatic hydroxyl groups is 1. The third-order valence-corrected chi connectivity index (χ3v) is 1.93. The van der Waals surface area contributed by atoms with E-state index in [9.17, 15) is 0 Å². The molecule has 0 aliphatic carbocycles. The maximum atomic E-state index is 9.09. The minimum atomic E-state index is 0.253. The maximum Gasteiger partial charge on any atom is 0.134 e. The smallest absolute Gasteiger partial charge is 0.134 e. The normalized spacial score (nSPS) is 12.9. The molecule has 1 aromatic heterocycles. The summed E-state index contributed by atoms with van der Waals surface area (Å²) in [5.41, 5.74) is 1.10. The second kappa shape index (κ2) is 3.37. The molecule has 0 aliphatic heterocycles. The summed E-state index contributed by atoms with van der Waals surface area (Å²) in [5.74, 6) is 0.734. The first kappa shape index (κ1) is 8.05.